The summed E-state index contributed by atoms with van der Waals surface area (Å²) >= 11 is 7.56. The molecule has 0 N–H and O–H groups in total. The standard InChI is InChI=1S/C35H32ClN3O4S/c1-5-42-34(41)31-22(4)37-35-39(32(31)27-14-7-9-16-29(27)43-21(2)3)33(40)30(44-35)18-24-20-38(28-15-8-6-13-26(24)28)19-23-11-10-12-25(36)17-23/h6-18,20-21,32H,5,19H2,1-4H3/b30-18-/t32-/m0/s1. The molecule has 44 heavy (non-hydrogen) atoms. The van der Waals surface area contributed by atoms with Gasteiger partial charge in [-0.1, -0.05) is 71.5 Å². The summed E-state index contributed by atoms with van der Waals surface area (Å²) in [5.41, 5.74) is 4.33. The third-order valence-corrected chi connectivity index (χ3v) is 8.66. The molecule has 0 radical (unpaired) electrons. The number of allylic oxidation sites excluding steroid dienone is 1. The Labute approximate surface area is 264 Å². The Kier molecular flexibility index (Phi) is 8.29. The van der Waals surface area contributed by atoms with Gasteiger partial charge in [0.1, 0.15) is 11.8 Å². The molecule has 1 atom stereocenters. The number of nitrogens with zero attached hydrogens (tertiary/aromatic N) is 3. The summed E-state index contributed by atoms with van der Waals surface area (Å²) in [6, 6.07) is 22.7. The number of rotatable bonds is 8. The van der Waals surface area contributed by atoms with Crippen molar-refractivity contribution in [1.29, 1.82) is 0 Å². The monoisotopic (exact) mass is 625 g/mol. The third kappa shape index (κ3) is 5.63. The molecule has 7 nitrogen and oxygen atoms in total. The van der Waals surface area contributed by atoms with E-state index in [1.807, 2.05) is 80.6 Å². The quantitative estimate of drug-likeness (QED) is 0.191. The van der Waals surface area contributed by atoms with Crippen molar-refractivity contribution in [3.8, 4) is 5.75 Å². The summed E-state index contributed by atoms with van der Waals surface area (Å²) in [6.45, 7) is 8.26. The number of carbonyl (C=O) groups is 1. The van der Waals surface area contributed by atoms with E-state index in [0.29, 0.717) is 43.5 Å². The lowest BCUT2D eigenvalue weighted by molar-refractivity contribution is -0.139. The van der Waals surface area contributed by atoms with Gasteiger partial charge in [0, 0.05) is 39.8 Å². The molecule has 5 aromatic rings. The van der Waals surface area contributed by atoms with E-state index >= 15 is 0 Å². The molecule has 224 valence electrons. The van der Waals surface area contributed by atoms with Crippen LogP contribution < -0.4 is 19.6 Å². The first-order valence-electron chi connectivity index (χ1n) is 14.5. The van der Waals surface area contributed by atoms with Gasteiger partial charge < -0.3 is 14.0 Å². The Morgan fingerprint density at radius 3 is 2.64 bits per heavy atom. The van der Waals surface area contributed by atoms with Crippen molar-refractivity contribution in [3.05, 3.63) is 132 Å². The number of fused-ring (bicyclic) bond motifs is 2. The molecule has 0 unspecified atom stereocenters. The Bertz CT molecular complexity index is 2100. The highest BCUT2D eigenvalue weighted by Crippen LogP contribution is 2.36. The fraction of sp³-hybridized carbons (Fsp3) is 0.229. The third-order valence-electron chi connectivity index (χ3n) is 7.44. The molecule has 0 spiro atoms. The van der Waals surface area contributed by atoms with Crippen molar-refractivity contribution in [3.63, 3.8) is 0 Å². The smallest absolute Gasteiger partial charge is 0.338 e. The molecular weight excluding hydrogens is 594 g/mol. The molecule has 3 aromatic carbocycles. The van der Waals surface area contributed by atoms with Crippen LogP contribution in [0.25, 0.3) is 17.0 Å². The number of ether oxygens (including phenoxy) is 2. The van der Waals surface area contributed by atoms with Crippen molar-refractivity contribution < 1.29 is 14.3 Å². The minimum atomic E-state index is -0.758. The molecular formula is C35H32ClN3O4S. The molecule has 2 aromatic heterocycles. The van der Waals surface area contributed by atoms with Gasteiger partial charge in [-0.05, 0) is 63.6 Å². The highest BCUT2D eigenvalue weighted by Gasteiger charge is 2.35. The number of halogens is 1. The van der Waals surface area contributed by atoms with Gasteiger partial charge in [-0.2, -0.15) is 0 Å². The van der Waals surface area contributed by atoms with E-state index in [0.717, 1.165) is 22.0 Å². The predicted molar refractivity (Wildman–Crippen MR) is 175 cm³/mol. The summed E-state index contributed by atoms with van der Waals surface area (Å²) in [7, 11) is 0. The summed E-state index contributed by atoms with van der Waals surface area (Å²) in [5.74, 6) is 0.0964. The molecule has 6 rings (SSSR count). The number of carbonyl (C=O) groups excluding carboxylic acids is 1. The number of aromatic nitrogens is 2. The first-order chi connectivity index (χ1) is 21.2. The van der Waals surface area contributed by atoms with Crippen LogP contribution in [0.2, 0.25) is 5.02 Å². The average molecular weight is 626 g/mol. The topological polar surface area (TPSA) is 74.8 Å². The maximum absolute atomic E-state index is 14.3. The molecule has 0 bridgehead atoms. The lowest BCUT2D eigenvalue weighted by atomic mass is 9.95. The Balaban J connectivity index is 1.53. The number of para-hydroxylation sites is 2. The molecule has 0 fully saturated rings. The Morgan fingerprint density at radius 1 is 1.09 bits per heavy atom. The normalized spacial score (nSPS) is 15.0. The van der Waals surface area contributed by atoms with E-state index in [1.165, 1.54) is 11.3 Å². The summed E-state index contributed by atoms with van der Waals surface area (Å²) in [5, 5.41) is 1.71. The largest absolute Gasteiger partial charge is 0.491 e. The molecule has 3 heterocycles. The number of benzene rings is 3. The van der Waals surface area contributed by atoms with Crippen LogP contribution in [0.5, 0.6) is 5.75 Å². The lowest BCUT2D eigenvalue weighted by Crippen LogP contribution is -2.40. The van der Waals surface area contributed by atoms with Crippen LogP contribution in [0.1, 0.15) is 50.4 Å². The zero-order valence-electron chi connectivity index (χ0n) is 24.9. The minimum Gasteiger partial charge on any atom is -0.491 e. The average Bonchev–Trinajstić information content (AvgIpc) is 3.48. The second-order valence-electron chi connectivity index (χ2n) is 10.9. The first kappa shape index (κ1) is 29.7. The van der Waals surface area contributed by atoms with Crippen LogP contribution in [0.4, 0.5) is 0 Å². The van der Waals surface area contributed by atoms with Crippen molar-refractivity contribution in [1.82, 2.24) is 9.13 Å². The second-order valence-corrected chi connectivity index (χ2v) is 12.3. The molecule has 1 aliphatic heterocycles. The van der Waals surface area contributed by atoms with E-state index < -0.39 is 12.0 Å². The van der Waals surface area contributed by atoms with Crippen LogP contribution in [0.15, 0.2) is 100 Å². The van der Waals surface area contributed by atoms with Crippen molar-refractivity contribution in [2.24, 2.45) is 4.99 Å². The molecule has 1 aliphatic rings. The van der Waals surface area contributed by atoms with Gasteiger partial charge >= 0.3 is 5.97 Å². The number of esters is 1. The van der Waals surface area contributed by atoms with E-state index in [9.17, 15) is 9.59 Å². The van der Waals surface area contributed by atoms with Crippen molar-refractivity contribution in [2.75, 3.05) is 6.61 Å². The van der Waals surface area contributed by atoms with Gasteiger partial charge in [-0.15, -0.1) is 0 Å². The fourth-order valence-corrected chi connectivity index (χ4v) is 6.90. The maximum Gasteiger partial charge on any atom is 0.338 e. The summed E-state index contributed by atoms with van der Waals surface area (Å²) < 4.78 is 15.9. The minimum absolute atomic E-state index is 0.104. The number of hydrogen-bond donors (Lipinski definition) is 0. The fourth-order valence-electron chi connectivity index (χ4n) is 5.65. The first-order valence-corrected chi connectivity index (χ1v) is 15.7. The Morgan fingerprint density at radius 2 is 1.86 bits per heavy atom. The van der Waals surface area contributed by atoms with Crippen LogP contribution in [0, 0.1) is 0 Å². The van der Waals surface area contributed by atoms with Gasteiger partial charge in [0.2, 0.25) is 0 Å². The van der Waals surface area contributed by atoms with Crippen molar-refractivity contribution in [2.45, 2.75) is 46.4 Å². The number of thiazole rings is 1. The van der Waals surface area contributed by atoms with Gasteiger partial charge in [-0.25, -0.2) is 9.79 Å². The second kappa shape index (κ2) is 12.3. The summed E-state index contributed by atoms with van der Waals surface area (Å²) in [6.07, 6.45) is 3.87. The number of hydrogen-bond acceptors (Lipinski definition) is 6. The van der Waals surface area contributed by atoms with Crippen LogP contribution in [-0.2, 0) is 16.1 Å². The Hall–Kier alpha value is -4.40. The van der Waals surface area contributed by atoms with Crippen molar-refractivity contribution >= 4 is 45.9 Å². The van der Waals surface area contributed by atoms with Gasteiger partial charge in [-0.3, -0.25) is 9.36 Å². The molecule has 0 amide bonds. The molecule has 0 saturated heterocycles. The molecule has 9 heteroatoms. The van der Waals surface area contributed by atoms with Gasteiger partial charge in [0.15, 0.2) is 4.80 Å². The van der Waals surface area contributed by atoms with E-state index in [4.69, 9.17) is 26.1 Å². The highest BCUT2D eigenvalue weighted by molar-refractivity contribution is 7.07. The molecule has 0 aliphatic carbocycles. The van der Waals surface area contributed by atoms with Gasteiger partial charge in [0.05, 0.1) is 28.5 Å². The SMILES string of the molecule is CCOC(=O)C1=C(C)N=c2s/c(=C\c3cn(Cc4cccc(Cl)c4)c4ccccc34)c(=O)n2[C@H]1c1ccccc1OC(C)C. The zero-order valence-corrected chi connectivity index (χ0v) is 26.5. The van der Waals surface area contributed by atoms with Crippen LogP contribution >= 0.6 is 22.9 Å². The zero-order chi connectivity index (χ0) is 31.0. The van der Waals surface area contributed by atoms with Crippen LogP contribution in [-0.4, -0.2) is 27.8 Å². The van der Waals surface area contributed by atoms with E-state index in [-0.39, 0.29) is 18.3 Å². The molecule has 0 saturated carbocycles. The predicted octanol–water partition coefficient (Wildman–Crippen LogP) is 6.24. The van der Waals surface area contributed by atoms with Crippen LogP contribution in [0.3, 0.4) is 0 Å². The maximum atomic E-state index is 14.3. The van der Waals surface area contributed by atoms with Gasteiger partial charge in [0.25, 0.3) is 5.56 Å². The lowest BCUT2D eigenvalue weighted by Gasteiger charge is -2.26. The van der Waals surface area contributed by atoms with E-state index in [2.05, 4.69) is 22.9 Å². The highest BCUT2D eigenvalue weighted by atomic mass is 35.5. The summed E-state index contributed by atoms with van der Waals surface area (Å²) in [4.78, 5) is 32.9. The van der Waals surface area contributed by atoms with E-state index in [1.54, 1.807) is 18.4 Å².